The summed E-state index contributed by atoms with van der Waals surface area (Å²) in [6.45, 7) is 13.6. The van der Waals surface area contributed by atoms with Crippen molar-refractivity contribution < 1.29 is 4.74 Å². The maximum atomic E-state index is 5.78. The highest BCUT2D eigenvalue weighted by atomic mass is 16.5. The zero-order valence-electron chi connectivity index (χ0n) is 9.34. The Kier molecular flexibility index (Phi) is 9.19. The van der Waals surface area contributed by atoms with Crippen LogP contribution in [0.1, 0.15) is 20.8 Å². The van der Waals surface area contributed by atoms with Crippen LogP contribution in [-0.2, 0) is 4.74 Å². The van der Waals surface area contributed by atoms with Crippen LogP contribution in [0.2, 0.25) is 0 Å². The second-order valence-corrected chi connectivity index (χ2v) is 3.50. The topological polar surface area (TPSA) is 35.2 Å². The first-order valence-electron chi connectivity index (χ1n) is 4.41. The third-order valence-electron chi connectivity index (χ3n) is 1.83. The molecule has 0 fully saturated rings. The first-order valence-corrected chi connectivity index (χ1v) is 4.41. The lowest BCUT2D eigenvalue weighted by Crippen LogP contribution is -2.39. The van der Waals surface area contributed by atoms with E-state index in [0.717, 1.165) is 0 Å². The monoisotopic (exact) mass is 185 g/mol. The van der Waals surface area contributed by atoms with Gasteiger partial charge in [-0.3, -0.25) is 0 Å². The van der Waals surface area contributed by atoms with Crippen molar-refractivity contribution in [1.82, 2.24) is 0 Å². The zero-order chi connectivity index (χ0) is 10.9. The van der Waals surface area contributed by atoms with Crippen molar-refractivity contribution in [3.63, 3.8) is 0 Å². The van der Waals surface area contributed by atoms with E-state index < -0.39 is 0 Å². The van der Waals surface area contributed by atoms with Crippen LogP contribution in [0.3, 0.4) is 0 Å². The highest BCUT2D eigenvalue weighted by molar-refractivity contribution is 4.95. The summed E-state index contributed by atoms with van der Waals surface area (Å²) in [5, 5.41) is 0. The van der Waals surface area contributed by atoms with Gasteiger partial charge in [0.05, 0.1) is 6.61 Å². The SMILES string of the molecule is C=CC.C=CC(C)(C)C(N)COC. The first-order chi connectivity index (χ1) is 5.96. The van der Waals surface area contributed by atoms with E-state index in [1.54, 1.807) is 13.2 Å². The van der Waals surface area contributed by atoms with E-state index in [-0.39, 0.29) is 11.5 Å². The number of hydrogen-bond donors (Lipinski definition) is 1. The highest BCUT2D eigenvalue weighted by Crippen LogP contribution is 2.19. The molecule has 0 saturated heterocycles. The molecule has 0 aliphatic rings. The summed E-state index contributed by atoms with van der Waals surface area (Å²) >= 11 is 0. The fourth-order valence-electron chi connectivity index (χ4n) is 0.546. The van der Waals surface area contributed by atoms with E-state index in [1.807, 2.05) is 26.8 Å². The summed E-state index contributed by atoms with van der Waals surface area (Å²) in [5.74, 6) is 0. The molecule has 0 bridgehead atoms. The molecule has 0 spiro atoms. The van der Waals surface area contributed by atoms with Crippen molar-refractivity contribution in [2.24, 2.45) is 11.1 Å². The fraction of sp³-hybridized carbons (Fsp3) is 0.636. The van der Waals surface area contributed by atoms with Crippen molar-refractivity contribution in [1.29, 1.82) is 0 Å². The minimum absolute atomic E-state index is 0.0317. The normalized spacial score (nSPS) is 12.4. The molecule has 0 saturated carbocycles. The third-order valence-corrected chi connectivity index (χ3v) is 1.83. The van der Waals surface area contributed by atoms with Gasteiger partial charge in [0.1, 0.15) is 0 Å². The summed E-state index contributed by atoms with van der Waals surface area (Å²) in [6.07, 6.45) is 3.61. The van der Waals surface area contributed by atoms with Gasteiger partial charge >= 0.3 is 0 Å². The molecule has 0 aromatic heterocycles. The van der Waals surface area contributed by atoms with Crippen molar-refractivity contribution in [2.45, 2.75) is 26.8 Å². The van der Waals surface area contributed by atoms with Crippen LogP contribution in [-0.4, -0.2) is 19.8 Å². The second-order valence-electron chi connectivity index (χ2n) is 3.50. The lowest BCUT2D eigenvalue weighted by Gasteiger charge is -2.27. The molecule has 0 radical (unpaired) electrons. The molecule has 0 aromatic carbocycles. The molecule has 0 aromatic rings. The Morgan fingerprint density at radius 1 is 1.46 bits per heavy atom. The van der Waals surface area contributed by atoms with Crippen LogP contribution in [0.4, 0.5) is 0 Å². The van der Waals surface area contributed by atoms with E-state index in [9.17, 15) is 0 Å². The molecule has 0 heterocycles. The lowest BCUT2D eigenvalue weighted by molar-refractivity contribution is 0.145. The Morgan fingerprint density at radius 2 is 1.85 bits per heavy atom. The second kappa shape index (κ2) is 8.02. The van der Waals surface area contributed by atoms with Gasteiger partial charge in [0, 0.05) is 13.2 Å². The van der Waals surface area contributed by atoms with Crippen molar-refractivity contribution in [3.05, 3.63) is 25.3 Å². The van der Waals surface area contributed by atoms with Crippen molar-refractivity contribution in [3.8, 4) is 0 Å². The highest BCUT2D eigenvalue weighted by Gasteiger charge is 2.21. The molecule has 78 valence electrons. The van der Waals surface area contributed by atoms with E-state index in [1.165, 1.54) is 0 Å². The number of hydrogen-bond acceptors (Lipinski definition) is 2. The van der Waals surface area contributed by atoms with Crippen LogP contribution in [0, 0.1) is 5.41 Å². The van der Waals surface area contributed by atoms with E-state index in [0.29, 0.717) is 6.61 Å². The van der Waals surface area contributed by atoms with Crippen LogP contribution in [0.5, 0.6) is 0 Å². The Labute approximate surface area is 82.5 Å². The molecule has 13 heavy (non-hydrogen) atoms. The number of ether oxygens (including phenoxy) is 1. The third kappa shape index (κ3) is 7.75. The Morgan fingerprint density at radius 3 is 2.08 bits per heavy atom. The minimum atomic E-state index is -0.0317. The van der Waals surface area contributed by atoms with Crippen LogP contribution >= 0.6 is 0 Å². The minimum Gasteiger partial charge on any atom is -0.383 e. The molecule has 2 heteroatoms. The average molecular weight is 185 g/mol. The molecule has 2 nitrogen and oxygen atoms in total. The molecule has 0 rings (SSSR count). The summed E-state index contributed by atoms with van der Waals surface area (Å²) in [7, 11) is 1.65. The van der Waals surface area contributed by atoms with E-state index in [4.69, 9.17) is 10.5 Å². The Hall–Kier alpha value is -0.600. The van der Waals surface area contributed by atoms with Gasteiger partial charge in [0.2, 0.25) is 0 Å². The Bertz CT molecular complexity index is 141. The Balaban J connectivity index is 0. The van der Waals surface area contributed by atoms with Gasteiger partial charge in [-0.1, -0.05) is 26.0 Å². The summed E-state index contributed by atoms with van der Waals surface area (Å²) in [4.78, 5) is 0. The van der Waals surface area contributed by atoms with Crippen molar-refractivity contribution in [2.75, 3.05) is 13.7 Å². The molecule has 0 aliphatic carbocycles. The van der Waals surface area contributed by atoms with Crippen molar-refractivity contribution >= 4 is 0 Å². The van der Waals surface area contributed by atoms with Gasteiger partial charge < -0.3 is 10.5 Å². The molecule has 2 N–H and O–H groups in total. The number of rotatable bonds is 4. The maximum absolute atomic E-state index is 5.78. The quantitative estimate of drug-likeness (QED) is 0.682. The summed E-state index contributed by atoms with van der Waals surface area (Å²) < 4.78 is 4.92. The standard InChI is InChI=1S/C8H17NO.C3H6/c1-5-8(2,3)7(9)6-10-4;1-3-2/h5,7H,1,6,9H2,2-4H3;3H,1H2,2H3. The number of nitrogens with two attached hydrogens (primary N) is 1. The largest absolute Gasteiger partial charge is 0.383 e. The zero-order valence-corrected chi connectivity index (χ0v) is 9.34. The van der Waals surface area contributed by atoms with E-state index >= 15 is 0 Å². The molecule has 0 amide bonds. The first kappa shape index (κ1) is 14.9. The van der Waals surface area contributed by atoms with Gasteiger partial charge in [0.25, 0.3) is 0 Å². The van der Waals surface area contributed by atoms with Crippen LogP contribution in [0.25, 0.3) is 0 Å². The van der Waals surface area contributed by atoms with Gasteiger partial charge in [-0.15, -0.1) is 13.2 Å². The maximum Gasteiger partial charge on any atom is 0.0622 e. The molecule has 1 unspecified atom stereocenters. The summed E-state index contributed by atoms with van der Waals surface area (Å²) in [5.41, 5.74) is 5.74. The van der Waals surface area contributed by atoms with Gasteiger partial charge in [0.15, 0.2) is 0 Å². The molecular formula is C11H23NO. The van der Waals surface area contributed by atoms with Gasteiger partial charge in [-0.2, -0.15) is 0 Å². The average Bonchev–Trinajstić information content (AvgIpc) is 2.06. The van der Waals surface area contributed by atoms with Gasteiger partial charge in [-0.05, 0) is 12.3 Å². The molecule has 1 atom stereocenters. The summed E-state index contributed by atoms with van der Waals surface area (Å²) in [6, 6.07) is 0.0370. The predicted octanol–water partition coefficient (Wildman–Crippen LogP) is 2.36. The van der Waals surface area contributed by atoms with Gasteiger partial charge in [-0.25, -0.2) is 0 Å². The fourth-order valence-corrected chi connectivity index (χ4v) is 0.546. The smallest absolute Gasteiger partial charge is 0.0622 e. The van der Waals surface area contributed by atoms with Crippen LogP contribution < -0.4 is 5.73 Å². The van der Waals surface area contributed by atoms with E-state index in [2.05, 4.69) is 13.2 Å². The number of allylic oxidation sites excluding steroid dienone is 1. The molecule has 0 aliphatic heterocycles. The number of methoxy groups -OCH3 is 1. The molecular weight excluding hydrogens is 162 g/mol. The van der Waals surface area contributed by atoms with Crippen LogP contribution in [0.15, 0.2) is 25.3 Å². The predicted molar refractivity (Wildman–Crippen MR) is 59.7 cm³/mol. The lowest BCUT2D eigenvalue weighted by atomic mass is 9.86.